The molecule has 3 nitrogen and oxygen atoms in total. The van der Waals surface area contributed by atoms with Crippen LogP contribution in [0.3, 0.4) is 0 Å². The molecule has 1 N–H and O–H groups in total. The molecule has 0 saturated heterocycles. The first kappa shape index (κ1) is 13.4. The molecule has 0 unspecified atom stereocenters. The van der Waals surface area contributed by atoms with E-state index in [9.17, 15) is 5.11 Å². The minimum Gasteiger partial charge on any atom is -0.492 e. The maximum atomic E-state index is 9.74. The lowest BCUT2D eigenvalue weighted by Crippen LogP contribution is -2.27. The highest BCUT2D eigenvalue weighted by atomic mass is 16.5. The van der Waals surface area contributed by atoms with Crippen LogP contribution in [0, 0.1) is 0 Å². The van der Waals surface area contributed by atoms with Crippen molar-refractivity contribution in [2.45, 2.75) is 32.8 Å². The van der Waals surface area contributed by atoms with Gasteiger partial charge in [0.25, 0.3) is 0 Å². The maximum absolute atomic E-state index is 9.74. The standard InChI is InChI=1S/C15H23NO2/c1-3-16(4-2)9-10-18-13-6-7-14-12(11-13)5-8-15(14)17/h6-7,11,15,17H,3-5,8-10H2,1-2H3/t15-/m0/s1. The Morgan fingerprint density at radius 2 is 2.11 bits per heavy atom. The molecule has 0 fully saturated rings. The molecule has 0 saturated carbocycles. The molecule has 0 aliphatic heterocycles. The number of fused-ring (bicyclic) bond motifs is 1. The van der Waals surface area contributed by atoms with E-state index in [4.69, 9.17) is 4.74 Å². The first-order chi connectivity index (χ1) is 8.74. The average molecular weight is 249 g/mol. The van der Waals surface area contributed by atoms with Gasteiger partial charge in [-0.3, -0.25) is 0 Å². The fraction of sp³-hybridized carbons (Fsp3) is 0.600. The molecule has 3 heteroatoms. The van der Waals surface area contributed by atoms with Gasteiger partial charge in [0.15, 0.2) is 0 Å². The van der Waals surface area contributed by atoms with Gasteiger partial charge < -0.3 is 14.7 Å². The first-order valence-electron chi connectivity index (χ1n) is 6.90. The van der Waals surface area contributed by atoms with Crippen LogP contribution in [0.2, 0.25) is 0 Å². The van der Waals surface area contributed by atoms with Crippen LogP contribution in [0.5, 0.6) is 5.75 Å². The zero-order valence-electron chi connectivity index (χ0n) is 11.4. The normalized spacial score (nSPS) is 18.1. The van der Waals surface area contributed by atoms with E-state index in [1.165, 1.54) is 5.56 Å². The zero-order valence-corrected chi connectivity index (χ0v) is 11.4. The lowest BCUT2D eigenvalue weighted by molar-refractivity contribution is 0.180. The van der Waals surface area contributed by atoms with Crippen molar-refractivity contribution in [1.82, 2.24) is 4.90 Å². The van der Waals surface area contributed by atoms with Gasteiger partial charge >= 0.3 is 0 Å². The topological polar surface area (TPSA) is 32.7 Å². The average Bonchev–Trinajstić information content (AvgIpc) is 2.76. The summed E-state index contributed by atoms with van der Waals surface area (Å²) < 4.78 is 5.78. The van der Waals surface area contributed by atoms with Crippen molar-refractivity contribution in [3.63, 3.8) is 0 Å². The molecule has 0 amide bonds. The Bertz CT molecular complexity index is 388. The van der Waals surface area contributed by atoms with Crippen molar-refractivity contribution in [2.75, 3.05) is 26.2 Å². The van der Waals surface area contributed by atoms with Gasteiger partial charge in [0.1, 0.15) is 12.4 Å². The predicted molar refractivity (Wildman–Crippen MR) is 73.0 cm³/mol. The molecule has 1 atom stereocenters. The smallest absolute Gasteiger partial charge is 0.119 e. The minimum absolute atomic E-state index is 0.273. The second-order valence-electron chi connectivity index (χ2n) is 4.79. The Balaban J connectivity index is 1.87. The van der Waals surface area contributed by atoms with Crippen molar-refractivity contribution >= 4 is 0 Å². The van der Waals surface area contributed by atoms with Gasteiger partial charge in [-0.2, -0.15) is 0 Å². The lowest BCUT2D eigenvalue weighted by atomic mass is 10.1. The molecule has 1 aliphatic carbocycles. The van der Waals surface area contributed by atoms with E-state index in [-0.39, 0.29) is 6.10 Å². The molecule has 18 heavy (non-hydrogen) atoms. The molecule has 1 aliphatic rings. The van der Waals surface area contributed by atoms with E-state index >= 15 is 0 Å². The molecular weight excluding hydrogens is 226 g/mol. The molecule has 0 bridgehead atoms. The molecule has 0 aromatic heterocycles. The quantitative estimate of drug-likeness (QED) is 0.840. The number of benzene rings is 1. The van der Waals surface area contributed by atoms with Gasteiger partial charge in [-0.15, -0.1) is 0 Å². The van der Waals surface area contributed by atoms with Crippen molar-refractivity contribution in [2.24, 2.45) is 0 Å². The summed E-state index contributed by atoms with van der Waals surface area (Å²) >= 11 is 0. The summed E-state index contributed by atoms with van der Waals surface area (Å²) in [6.45, 7) is 8.16. The number of hydrogen-bond donors (Lipinski definition) is 1. The van der Waals surface area contributed by atoms with Gasteiger partial charge in [0, 0.05) is 6.54 Å². The third-order valence-corrected chi connectivity index (χ3v) is 3.73. The molecule has 2 rings (SSSR count). The number of hydrogen-bond acceptors (Lipinski definition) is 3. The monoisotopic (exact) mass is 249 g/mol. The molecule has 1 aromatic carbocycles. The summed E-state index contributed by atoms with van der Waals surface area (Å²) in [5, 5.41) is 9.74. The number of aryl methyl sites for hydroxylation is 1. The molecule has 1 aromatic rings. The molecule has 100 valence electrons. The number of aliphatic hydroxyl groups is 1. The summed E-state index contributed by atoms with van der Waals surface area (Å²) in [6, 6.07) is 6.04. The highest BCUT2D eigenvalue weighted by Crippen LogP contribution is 2.33. The number of ether oxygens (including phenoxy) is 1. The molecular formula is C15H23NO2. The van der Waals surface area contributed by atoms with Gasteiger partial charge in [0.2, 0.25) is 0 Å². The Hall–Kier alpha value is -1.06. The Kier molecular flexibility index (Phi) is 4.61. The number of likely N-dealkylation sites (N-methyl/N-ethyl adjacent to an activating group) is 1. The minimum atomic E-state index is -0.273. The van der Waals surface area contributed by atoms with Crippen LogP contribution >= 0.6 is 0 Å². The molecule has 0 heterocycles. The van der Waals surface area contributed by atoms with E-state index in [0.717, 1.165) is 50.4 Å². The third kappa shape index (κ3) is 3.03. The summed E-state index contributed by atoms with van der Waals surface area (Å²) in [5.74, 6) is 0.926. The van der Waals surface area contributed by atoms with Gasteiger partial charge in [0.05, 0.1) is 6.10 Å². The van der Waals surface area contributed by atoms with Crippen molar-refractivity contribution in [1.29, 1.82) is 0 Å². The predicted octanol–water partition coefficient (Wildman–Crippen LogP) is 2.39. The first-order valence-corrected chi connectivity index (χ1v) is 6.90. The summed E-state index contributed by atoms with van der Waals surface area (Å²) in [6.07, 6.45) is 1.53. The second-order valence-corrected chi connectivity index (χ2v) is 4.79. The summed E-state index contributed by atoms with van der Waals surface area (Å²) in [4.78, 5) is 2.34. The van der Waals surface area contributed by atoms with Crippen LogP contribution < -0.4 is 4.74 Å². The van der Waals surface area contributed by atoms with Crippen molar-refractivity contribution in [3.8, 4) is 5.75 Å². The number of aliphatic hydroxyl groups excluding tert-OH is 1. The van der Waals surface area contributed by atoms with Crippen LogP contribution in [-0.4, -0.2) is 36.2 Å². The van der Waals surface area contributed by atoms with Crippen molar-refractivity contribution < 1.29 is 9.84 Å². The van der Waals surface area contributed by atoms with Crippen LogP contribution in [0.25, 0.3) is 0 Å². The maximum Gasteiger partial charge on any atom is 0.119 e. The van der Waals surface area contributed by atoms with Crippen LogP contribution in [0.1, 0.15) is 37.5 Å². The fourth-order valence-electron chi connectivity index (χ4n) is 2.49. The highest BCUT2D eigenvalue weighted by molar-refractivity contribution is 5.39. The second kappa shape index (κ2) is 6.21. The van der Waals surface area contributed by atoms with Crippen LogP contribution in [0.4, 0.5) is 0 Å². The van der Waals surface area contributed by atoms with E-state index in [1.54, 1.807) is 0 Å². The van der Waals surface area contributed by atoms with E-state index in [2.05, 4.69) is 24.8 Å². The zero-order chi connectivity index (χ0) is 13.0. The summed E-state index contributed by atoms with van der Waals surface area (Å²) in [7, 11) is 0. The Morgan fingerprint density at radius 3 is 2.83 bits per heavy atom. The molecule has 0 spiro atoms. The lowest BCUT2D eigenvalue weighted by Gasteiger charge is -2.18. The van der Waals surface area contributed by atoms with Gasteiger partial charge in [-0.05, 0) is 49.2 Å². The summed E-state index contributed by atoms with van der Waals surface area (Å²) in [5.41, 5.74) is 2.31. The van der Waals surface area contributed by atoms with Gasteiger partial charge in [-0.25, -0.2) is 0 Å². The molecule has 0 radical (unpaired) electrons. The Labute approximate surface area is 109 Å². The number of rotatable bonds is 6. The fourth-order valence-corrected chi connectivity index (χ4v) is 2.49. The number of nitrogens with zero attached hydrogens (tertiary/aromatic N) is 1. The van der Waals surface area contributed by atoms with E-state index in [0.29, 0.717) is 0 Å². The van der Waals surface area contributed by atoms with E-state index < -0.39 is 0 Å². The van der Waals surface area contributed by atoms with E-state index in [1.807, 2.05) is 12.1 Å². The van der Waals surface area contributed by atoms with Crippen molar-refractivity contribution in [3.05, 3.63) is 29.3 Å². The Morgan fingerprint density at radius 1 is 1.33 bits per heavy atom. The highest BCUT2D eigenvalue weighted by Gasteiger charge is 2.20. The largest absolute Gasteiger partial charge is 0.492 e. The third-order valence-electron chi connectivity index (χ3n) is 3.73. The van der Waals surface area contributed by atoms with Crippen LogP contribution in [0.15, 0.2) is 18.2 Å². The SMILES string of the molecule is CCN(CC)CCOc1ccc2c(c1)CC[C@@H]2O. The van der Waals surface area contributed by atoms with Crippen LogP contribution in [-0.2, 0) is 6.42 Å². The van der Waals surface area contributed by atoms with Gasteiger partial charge in [-0.1, -0.05) is 19.9 Å².